The number of hydrogen-bond donors (Lipinski definition) is 2. The normalized spacial score (nSPS) is 21.1. The van der Waals surface area contributed by atoms with Crippen LogP contribution in [0.15, 0.2) is 48.5 Å². The van der Waals surface area contributed by atoms with Gasteiger partial charge in [0.1, 0.15) is 12.1 Å². The first-order valence-electron chi connectivity index (χ1n) is 10.2. The Morgan fingerprint density at radius 2 is 1.73 bits per heavy atom. The lowest BCUT2D eigenvalue weighted by atomic mass is 9.91. The first kappa shape index (κ1) is 19.9. The first-order chi connectivity index (χ1) is 14.4. The van der Waals surface area contributed by atoms with Gasteiger partial charge in [0.15, 0.2) is 0 Å². The lowest BCUT2D eigenvalue weighted by Crippen LogP contribution is -2.42. The van der Waals surface area contributed by atoms with Gasteiger partial charge in [-0.05, 0) is 44.4 Å². The van der Waals surface area contributed by atoms with E-state index >= 15 is 0 Å². The third-order valence-electron chi connectivity index (χ3n) is 5.83. The number of urea groups is 1. The molecule has 2 N–H and O–H groups in total. The largest absolute Gasteiger partial charge is 0.370 e. The van der Waals surface area contributed by atoms with Gasteiger partial charge in [0.2, 0.25) is 5.91 Å². The number of aryl methyl sites for hydroxylation is 1. The molecular weight excluding hydrogens is 380 g/mol. The highest BCUT2D eigenvalue weighted by Gasteiger charge is 2.49. The molecule has 7 heteroatoms. The van der Waals surface area contributed by atoms with Crippen LogP contribution in [0.2, 0.25) is 0 Å². The summed E-state index contributed by atoms with van der Waals surface area (Å²) in [4.78, 5) is 41.5. The number of para-hydroxylation sites is 2. The molecule has 156 valence electrons. The van der Waals surface area contributed by atoms with E-state index in [4.69, 9.17) is 0 Å². The maximum absolute atomic E-state index is 13.0. The number of carbonyl (C=O) groups excluding carboxylic acids is 3. The topological polar surface area (TPSA) is 81.8 Å². The average molecular weight is 406 g/mol. The number of rotatable bonds is 5. The maximum Gasteiger partial charge on any atom is 0.325 e. The zero-order chi connectivity index (χ0) is 21.3. The average Bonchev–Trinajstić information content (AvgIpc) is 3.33. The molecule has 0 saturated carbocycles. The minimum atomic E-state index is -1.18. The van der Waals surface area contributed by atoms with Gasteiger partial charge in [-0.1, -0.05) is 42.0 Å². The monoisotopic (exact) mass is 406 g/mol. The number of hydrogen-bond acceptors (Lipinski definition) is 4. The van der Waals surface area contributed by atoms with Gasteiger partial charge < -0.3 is 15.5 Å². The van der Waals surface area contributed by atoms with Crippen LogP contribution in [0.4, 0.5) is 16.2 Å². The molecule has 4 amide bonds. The standard InChI is InChI=1S/C23H26N4O3/c1-16-9-11-17(12-10-16)23(2)21(29)27(22(30)25-23)15-20(28)24-18-7-3-4-8-19(18)26-13-5-6-14-26/h3-4,7-12H,5-6,13-15H2,1-2H3,(H,24,28)(H,25,30)/t23-/m1/s1. The smallest absolute Gasteiger partial charge is 0.325 e. The van der Waals surface area contributed by atoms with Gasteiger partial charge in [-0.3, -0.25) is 14.5 Å². The van der Waals surface area contributed by atoms with Crippen molar-refractivity contribution in [3.63, 3.8) is 0 Å². The Morgan fingerprint density at radius 3 is 2.43 bits per heavy atom. The second-order valence-corrected chi connectivity index (χ2v) is 8.07. The molecule has 2 aromatic rings. The van der Waals surface area contributed by atoms with Crippen molar-refractivity contribution in [1.82, 2.24) is 10.2 Å². The van der Waals surface area contributed by atoms with Gasteiger partial charge in [-0.15, -0.1) is 0 Å². The van der Waals surface area contributed by atoms with Crippen molar-refractivity contribution in [1.29, 1.82) is 0 Å². The predicted molar refractivity (Wildman–Crippen MR) is 115 cm³/mol. The molecule has 1 atom stereocenters. The number of nitrogens with one attached hydrogen (secondary N) is 2. The van der Waals surface area contributed by atoms with Crippen LogP contribution in [-0.4, -0.2) is 42.4 Å². The molecule has 2 aliphatic heterocycles. The molecule has 0 bridgehead atoms. The molecule has 0 spiro atoms. The van der Waals surface area contributed by atoms with Gasteiger partial charge in [0, 0.05) is 13.1 Å². The number of benzene rings is 2. The minimum absolute atomic E-state index is 0.333. The number of carbonyl (C=O) groups is 3. The van der Waals surface area contributed by atoms with Crippen molar-refractivity contribution in [3.05, 3.63) is 59.7 Å². The number of anilines is 2. The number of amides is 4. The van der Waals surface area contributed by atoms with Gasteiger partial charge in [0.05, 0.1) is 11.4 Å². The van der Waals surface area contributed by atoms with E-state index in [0.717, 1.165) is 42.1 Å². The van der Waals surface area contributed by atoms with Crippen LogP contribution >= 0.6 is 0 Å². The molecule has 0 aliphatic carbocycles. The van der Waals surface area contributed by atoms with Gasteiger partial charge in [0.25, 0.3) is 5.91 Å². The van der Waals surface area contributed by atoms with E-state index in [2.05, 4.69) is 15.5 Å². The molecule has 2 saturated heterocycles. The van der Waals surface area contributed by atoms with Crippen LogP contribution in [-0.2, 0) is 15.1 Å². The SMILES string of the molecule is Cc1ccc([C@@]2(C)NC(=O)N(CC(=O)Nc3ccccc3N3CCCC3)C2=O)cc1. The number of imide groups is 1. The third kappa shape index (κ3) is 3.63. The third-order valence-corrected chi connectivity index (χ3v) is 5.83. The minimum Gasteiger partial charge on any atom is -0.370 e. The van der Waals surface area contributed by atoms with Gasteiger partial charge >= 0.3 is 6.03 Å². The summed E-state index contributed by atoms with van der Waals surface area (Å²) in [5, 5.41) is 5.62. The lowest BCUT2D eigenvalue weighted by molar-refractivity contribution is -0.133. The van der Waals surface area contributed by atoms with E-state index in [0.29, 0.717) is 11.3 Å². The van der Waals surface area contributed by atoms with E-state index in [1.54, 1.807) is 6.92 Å². The van der Waals surface area contributed by atoms with Crippen molar-refractivity contribution in [2.75, 3.05) is 29.9 Å². The fraction of sp³-hybridized carbons (Fsp3) is 0.348. The van der Waals surface area contributed by atoms with E-state index in [1.165, 1.54) is 0 Å². The van der Waals surface area contributed by atoms with Gasteiger partial charge in [-0.25, -0.2) is 4.79 Å². The maximum atomic E-state index is 13.0. The summed E-state index contributed by atoms with van der Waals surface area (Å²) in [5.41, 5.74) is 2.22. The summed E-state index contributed by atoms with van der Waals surface area (Å²) < 4.78 is 0. The van der Waals surface area contributed by atoms with Crippen LogP contribution in [0.5, 0.6) is 0 Å². The van der Waals surface area contributed by atoms with E-state index < -0.39 is 23.4 Å². The summed E-state index contributed by atoms with van der Waals surface area (Å²) in [5.74, 6) is -0.836. The van der Waals surface area contributed by atoms with Crippen molar-refractivity contribution < 1.29 is 14.4 Å². The highest BCUT2D eigenvalue weighted by molar-refractivity contribution is 6.10. The quantitative estimate of drug-likeness (QED) is 0.748. The molecule has 0 unspecified atom stereocenters. The Bertz CT molecular complexity index is 982. The molecule has 0 radical (unpaired) electrons. The fourth-order valence-electron chi connectivity index (χ4n) is 4.07. The summed E-state index contributed by atoms with van der Waals surface area (Å²) in [6.45, 7) is 5.19. The van der Waals surface area contributed by atoms with Crippen molar-refractivity contribution >= 4 is 29.2 Å². The van der Waals surface area contributed by atoms with E-state index in [1.807, 2.05) is 55.5 Å². The molecule has 2 heterocycles. The Kier molecular flexibility index (Phi) is 5.20. The summed E-state index contributed by atoms with van der Waals surface area (Å²) >= 11 is 0. The van der Waals surface area contributed by atoms with Crippen molar-refractivity contribution in [2.24, 2.45) is 0 Å². The fourth-order valence-corrected chi connectivity index (χ4v) is 4.07. The van der Waals surface area contributed by atoms with Crippen LogP contribution in [0, 0.1) is 6.92 Å². The Hall–Kier alpha value is -3.35. The van der Waals surface area contributed by atoms with Crippen LogP contribution in [0.3, 0.4) is 0 Å². The molecule has 2 fully saturated rings. The predicted octanol–water partition coefficient (Wildman–Crippen LogP) is 3.00. The lowest BCUT2D eigenvalue weighted by Gasteiger charge is -2.23. The Morgan fingerprint density at radius 1 is 1.07 bits per heavy atom. The summed E-state index contributed by atoms with van der Waals surface area (Å²) in [7, 11) is 0. The van der Waals surface area contributed by atoms with Crippen LogP contribution in [0.25, 0.3) is 0 Å². The first-order valence-corrected chi connectivity index (χ1v) is 10.2. The van der Waals surface area contributed by atoms with Crippen LogP contribution < -0.4 is 15.5 Å². The Labute approximate surface area is 176 Å². The molecule has 2 aliphatic rings. The molecular formula is C23H26N4O3. The highest BCUT2D eigenvalue weighted by Crippen LogP contribution is 2.30. The summed E-state index contributed by atoms with van der Waals surface area (Å²) in [6, 6.07) is 14.5. The van der Waals surface area contributed by atoms with Gasteiger partial charge in [-0.2, -0.15) is 0 Å². The second-order valence-electron chi connectivity index (χ2n) is 8.07. The van der Waals surface area contributed by atoms with Crippen molar-refractivity contribution in [2.45, 2.75) is 32.2 Å². The zero-order valence-electron chi connectivity index (χ0n) is 17.3. The van der Waals surface area contributed by atoms with Crippen LogP contribution in [0.1, 0.15) is 30.9 Å². The molecule has 0 aromatic heterocycles. The molecule has 30 heavy (non-hydrogen) atoms. The Balaban J connectivity index is 1.48. The summed E-state index contributed by atoms with van der Waals surface area (Å²) in [6.07, 6.45) is 2.25. The van der Waals surface area contributed by atoms with E-state index in [-0.39, 0.29) is 6.54 Å². The van der Waals surface area contributed by atoms with Crippen molar-refractivity contribution in [3.8, 4) is 0 Å². The highest BCUT2D eigenvalue weighted by atomic mass is 16.2. The number of nitrogens with zero attached hydrogens (tertiary/aromatic N) is 2. The second kappa shape index (κ2) is 7.82. The van der Waals surface area contributed by atoms with E-state index in [9.17, 15) is 14.4 Å². The zero-order valence-corrected chi connectivity index (χ0v) is 17.3. The molecule has 4 rings (SSSR count). The molecule has 2 aromatic carbocycles. The molecule has 7 nitrogen and oxygen atoms in total.